The highest BCUT2D eigenvalue weighted by Gasteiger charge is 2.15. The molecule has 5 heteroatoms. The van der Waals surface area contributed by atoms with Crippen molar-refractivity contribution in [3.05, 3.63) is 0 Å². The van der Waals surface area contributed by atoms with Crippen molar-refractivity contribution >= 4 is 5.91 Å². The van der Waals surface area contributed by atoms with Crippen molar-refractivity contribution in [2.75, 3.05) is 20.3 Å². The van der Waals surface area contributed by atoms with Crippen LogP contribution in [0.5, 0.6) is 0 Å². The summed E-state index contributed by atoms with van der Waals surface area (Å²) in [6, 6.07) is -0.874. The lowest BCUT2D eigenvalue weighted by atomic mass is 10.2. The van der Waals surface area contributed by atoms with Gasteiger partial charge in [0.15, 0.2) is 0 Å². The number of aliphatic hydroxyl groups is 1. The Labute approximate surface area is 78.3 Å². The van der Waals surface area contributed by atoms with Gasteiger partial charge in [0, 0.05) is 7.11 Å². The molecule has 78 valence electrons. The molecule has 0 spiro atoms. The van der Waals surface area contributed by atoms with E-state index in [-0.39, 0.29) is 18.6 Å². The average molecular weight is 190 g/mol. The van der Waals surface area contributed by atoms with Crippen molar-refractivity contribution in [2.45, 2.75) is 25.4 Å². The first-order valence-corrected chi connectivity index (χ1v) is 4.31. The molecular formula is C8H18N2O3. The Bertz CT molecular complexity index is 152. The third-order valence-electron chi connectivity index (χ3n) is 1.71. The Balaban J connectivity index is 3.85. The summed E-state index contributed by atoms with van der Waals surface area (Å²) in [6.45, 7) is 1.98. The highest BCUT2D eigenvalue weighted by atomic mass is 16.5. The minimum absolute atomic E-state index is 0.143. The number of aliphatic hydroxyl groups excluding tert-OH is 1. The van der Waals surface area contributed by atoms with Crippen molar-refractivity contribution in [1.29, 1.82) is 0 Å². The summed E-state index contributed by atoms with van der Waals surface area (Å²) in [7, 11) is 1.51. The zero-order chi connectivity index (χ0) is 10.3. The van der Waals surface area contributed by atoms with E-state index in [9.17, 15) is 4.79 Å². The van der Waals surface area contributed by atoms with E-state index in [1.54, 1.807) is 0 Å². The average Bonchev–Trinajstić information content (AvgIpc) is 2.15. The lowest BCUT2D eigenvalue weighted by Crippen LogP contribution is -2.48. The SMILES string of the molecule is CC[C@@H](N)C(=O)NC(CO)COC. The summed E-state index contributed by atoms with van der Waals surface area (Å²) in [4.78, 5) is 11.2. The Morgan fingerprint density at radius 3 is 2.69 bits per heavy atom. The number of carbonyl (C=O) groups excluding carboxylic acids is 1. The molecule has 0 saturated heterocycles. The van der Waals surface area contributed by atoms with E-state index in [1.807, 2.05) is 6.92 Å². The van der Waals surface area contributed by atoms with Crippen LogP contribution in [0, 0.1) is 0 Å². The third kappa shape index (κ3) is 4.82. The molecule has 0 aromatic heterocycles. The topological polar surface area (TPSA) is 84.6 Å². The first kappa shape index (κ1) is 12.3. The van der Waals surface area contributed by atoms with Gasteiger partial charge in [-0.1, -0.05) is 6.92 Å². The van der Waals surface area contributed by atoms with E-state index < -0.39 is 6.04 Å². The molecular weight excluding hydrogens is 172 g/mol. The second kappa shape index (κ2) is 6.82. The highest BCUT2D eigenvalue weighted by Crippen LogP contribution is 1.89. The normalized spacial score (nSPS) is 15.1. The van der Waals surface area contributed by atoms with E-state index in [4.69, 9.17) is 15.6 Å². The van der Waals surface area contributed by atoms with E-state index in [2.05, 4.69) is 5.32 Å². The van der Waals surface area contributed by atoms with Crippen LogP contribution in [0.3, 0.4) is 0 Å². The van der Waals surface area contributed by atoms with Gasteiger partial charge in [0.25, 0.3) is 0 Å². The molecule has 2 atom stereocenters. The van der Waals surface area contributed by atoms with Crippen LogP contribution in [0.1, 0.15) is 13.3 Å². The zero-order valence-corrected chi connectivity index (χ0v) is 8.12. The molecule has 0 aliphatic rings. The van der Waals surface area contributed by atoms with Crippen LogP contribution in [-0.4, -0.2) is 43.4 Å². The van der Waals surface area contributed by atoms with Gasteiger partial charge >= 0.3 is 0 Å². The number of amides is 1. The largest absolute Gasteiger partial charge is 0.394 e. The molecule has 0 aliphatic heterocycles. The van der Waals surface area contributed by atoms with Gasteiger partial charge in [-0.05, 0) is 6.42 Å². The van der Waals surface area contributed by atoms with Gasteiger partial charge < -0.3 is 20.9 Å². The van der Waals surface area contributed by atoms with Crippen molar-refractivity contribution in [3.8, 4) is 0 Å². The molecule has 0 aromatic carbocycles. The summed E-state index contributed by atoms with van der Waals surface area (Å²) < 4.78 is 4.79. The molecule has 0 saturated carbocycles. The van der Waals surface area contributed by atoms with Gasteiger partial charge in [-0.15, -0.1) is 0 Å². The van der Waals surface area contributed by atoms with Crippen molar-refractivity contribution in [3.63, 3.8) is 0 Å². The molecule has 4 N–H and O–H groups in total. The molecule has 5 nitrogen and oxygen atoms in total. The van der Waals surface area contributed by atoms with Crippen LogP contribution in [0.15, 0.2) is 0 Å². The number of hydrogen-bond donors (Lipinski definition) is 3. The van der Waals surface area contributed by atoms with Crippen LogP contribution in [-0.2, 0) is 9.53 Å². The third-order valence-corrected chi connectivity index (χ3v) is 1.71. The van der Waals surface area contributed by atoms with Gasteiger partial charge in [0.05, 0.1) is 25.3 Å². The van der Waals surface area contributed by atoms with Crippen LogP contribution in [0.25, 0.3) is 0 Å². The summed E-state index contributed by atoms with van der Waals surface area (Å²) in [6.07, 6.45) is 0.580. The molecule has 0 fully saturated rings. The van der Waals surface area contributed by atoms with Crippen LogP contribution in [0.4, 0.5) is 0 Å². The van der Waals surface area contributed by atoms with Crippen LogP contribution in [0.2, 0.25) is 0 Å². The number of nitrogens with one attached hydrogen (secondary N) is 1. The monoisotopic (exact) mass is 190 g/mol. The molecule has 1 amide bonds. The first-order chi connectivity index (χ1) is 6.15. The van der Waals surface area contributed by atoms with E-state index in [0.29, 0.717) is 13.0 Å². The Kier molecular flexibility index (Phi) is 6.48. The molecule has 1 unspecified atom stereocenters. The predicted molar refractivity (Wildman–Crippen MR) is 49.2 cm³/mol. The van der Waals surface area contributed by atoms with Crippen molar-refractivity contribution in [2.24, 2.45) is 5.73 Å². The smallest absolute Gasteiger partial charge is 0.237 e. The van der Waals surface area contributed by atoms with Gasteiger partial charge in [-0.3, -0.25) is 4.79 Å². The Hall–Kier alpha value is -0.650. The minimum atomic E-state index is -0.508. The summed E-state index contributed by atoms with van der Waals surface area (Å²) in [5.74, 6) is -0.251. The first-order valence-electron chi connectivity index (χ1n) is 4.31. The number of nitrogens with two attached hydrogens (primary N) is 1. The molecule has 0 aliphatic carbocycles. The molecule has 0 heterocycles. The maximum atomic E-state index is 11.2. The minimum Gasteiger partial charge on any atom is -0.394 e. The van der Waals surface area contributed by atoms with E-state index in [1.165, 1.54) is 7.11 Å². The zero-order valence-electron chi connectivity index (χ0n) is 8.12. The molecule has 0 radical (unpaired) electrons. The van der Waals surface area contributed by atoms with Crippen molar-refractivity contribution < 1.29 is 14.6 Å². The summed E-state index contributed by atoms with van der Waals surface area (Å²) in [5, 5.41) is 11.4. The Morgan fingerprint density at radius 1 is 1.69 bits per heavy atom. The quantitative estimate of drug-likeness (QED) is 0.493. The van der Waals surface area contributed by atoms with Crippen LogP contribution < -0.4 is 11.1 Å². The van der Waals surface area contributed by atoms with Gasteiger partial charge in [0.2, 0.25) is 5.91 Å². The second-order valence-corrected chi connectivity index (χ2v) is 2.86. The second-order valence-electron chi connectivity index (χ2n) is 2.86. The fourth-order valence-electron chi connectivity index (χ4n) is 0.835. The van der Waals surface area contributed by atoms with E-state index >= 15 is 0 Å². The number of rotatable bonds is 6. The molecule has 0 bridgehead atoms. The predicted octanol–water partition coefficient (Wildman–Crippen LogP) is -1.15. The standard InChI is InChI=1S/C8H18N2O3/c1-3-7(9)8(12)10-6(4-11)5-13-2/h6-7,11H,3-5,9H2,1-2H3,(H,10,12)/t6?,7-/m1/s1. The van der Waals surface area contributed by atoms with Gasteiger partial charge in [-0.25, -0.2) is 0 Å². The lowest BCUT2D eigenvalue weighted by molar-refractivity contribution is -0.123. The lowest BCUT2D eigenvalue weighted by Gasteiger charge is -2.17. The number of ether oxygens (including phenoxy) is 1. The van der Waals surface area contributed by atoms with Crippen molar-refractivity contribution in [1.82, 2.24) is 5.32 Å². The van der Waals surface area contributed by atoms with Gasteiger partial charge in [0.1, 0.15) is 0 Å². The summed E-state index contributed by atoms with van der Waals surface area (Å²) in [5.41, 5.74) is 5.48. The van der Waals surface area contributed by atoms with Crippen LogP contribution >= 0.6 is 0 Å². The molecule has 0 aromatic rings. The Morgan fingerprint density at radius 2 is 2.31 bits per heavy atom. The number of methoxy groups -OCH3 is 1. The number of hydrogen-bond acceptors (Lipinski definition) is 4. The van der Waals surface area contributed by atoms with E-state index in [0.717, 1.165) is 0 Å². The fourth-order valence-corrected chi connectivity index (χ4v) is 0.835. The molecule has 0 rings (SSSR count). The highest BCUT2D eigenvalue weighted by molar-refractivity contribution is 5.81. The summed E-state index contributed by atoms with van der Waals surface area (Å²) >= 11 is 0. The fraction of sp³-hybridized carbons (Fsp3) is 0.875. The number of carbonyl (C=O) groups is 1. The molecule has 13 heavy (non-hydrogen) atoms. The maximum Gasteiger partial charge on any atom is 0.237 e. The van der Waals surface area contributed by atoms with Gasteiger partial charge in [-0.2, -0.15) is 0 Å². The maximum absolute atomic E-state index is 11.2.